The van der Waals surface area contributed by atoms with E-state index in [1.807, 2.05) is 24.4 Å². The third-order valence-electron chi connectivity index (χ3n) is 3.75. The number of carboxylic acid groups (broad SMARTS) is 1. The van der Waals surface area contributed by atoms with Gasteiger partial charge in [0.1, 0.15) is 0 Å². The maximum atomic E-state index is 12.2. The summed E-state index contributed by atoms with van der Waals surface area (Å²) in [4.78, 5) is 25.8. The molecule has 0 saturated heterocycles. The molecular weight excluding hydrogens is 276 g/mol. The second-order valence-electron chi connectivity index (χ2n) is 5.29. The number of carboxylic acids is 1. The Morgan fingerprint density at radius 1 is 1.55 bits per heavy atom. The Morgan fingerprint density at radius 2 is 2.25 bits per heavy atom. The van der Waals surface area contributed by atoms with Crippen molar-refractivity contribution in [2.75, 3.05) is 7.05 Å². The normalized spacial score (nSPS) is 17.3. The molecule has 0 spiro atoms. The number of nitrogens with zero attached hydrogens (tertiary/aromatic N) is 1. The highest BCUT2D eigenvalue weighted by Crippen LogP contribution is 2.34. The van der Waals surface area contributed by atoms with E-state index >= 15 is 0 Å². The van der Waals surface area contributed by atoms with Gasteiger partial charge in [-0.25, -0.2) is 4.79 Å². The Hall–Kier alpha value is -1.56. The second kappa shape index (κ2) is 6.26. The van der Waals surface area contributed by atoms with Crippen LogP contribution >= 0.6 is 11.3 Å². The molecule has 1 aliphatic carbocycles. The minimum atomic E-state index is -0.865. The van der Waals surface area contributed by atoms with E-state index < -0.39 is 5.97 Å². The Morgan fingerprint density at radius 3 is 2.75 bits per heavy atom. The molecule has 110 valence electrons. The van der Waals surface area contributed by atoms with Crippen molar-refractivity contribution < 1.29 is 14.7 Å². The van der Waals surface area contributed by atoms with Crippen molar-refractivity contribution in [2.45, 2.75) is 38.3 Å². The molecule has 0 bridgehead atoms. The third kappa shape index (κ3) is 3.72. The molecule has 20 heavy (non-hydrogen) atoms. The molecule has 1 heterocycles. The molecule has 5 nitrogen and oxygen atoms in total. The summed E-state index contributed by atoms with van der Waals surface area (Å²) in [6, 6.07) is 3.48. The monoisotopic (exact) mass is 296 g/mol. The lowest BCUT2D eigenvalue weighted by Gasteiger charge is -2.27. The van der Waals surface area contributed by atoms with Gasteiger partial charge in [0, 0.05) is 18.0 Å². The summed E-state index contributed by atoms with van der Waals surface area (Å²) < 4.78 is 0. The summed E-state index contributed by atoms with van der Waals surface area (Å²) in [5.74, 6) is -0.545. The first-order valence-electron chi connectivity index (χ1n) is 6.77. The Labute approximate surface area is 122 Å². The Kier molecular flexibility index (Phi) is 4.65. The van der Waals surface area contributed by atoms with E-state index in [0.29, 0.717) is 5.92 Å². The number of nitrogens with one attached hydrogen (secondary N) is 1. The number of urea groups is 1. The van der Waals surface area contributed by atoms with Crippen LogP contribution in [0.3, 0.4) is 0 Å². The SMILES string of the molecule is CC(c1cccs1)N(C)C(=O)NC(CC(=O)O)C1CC1. The van der Waals surface area contributed by atoms with E-state index in [-0.39, 0.29) is 24.5 Å². The third-order valence-corrected chi connectivity index (χ3v) is 4.79. The van der Waals surface area contributed by atoms with Gasteiger partial charge >= 0.3 is 12.0 Å². The highest BCUT2D eigenvalue weighted by Gasteiger charge is 2.34. The van der Waals surface area contributed by atoms with Gasteiger partial charge in [-0.15, -0.1) is 11.3 Å². The molecule has 0 aromatic carbocycles. The van der Waals surface area contributed by atoms with E-state index in [2.05, 4.69) is 5.32 Å². The van der Waals surface area contributed by atoms with Crippen LogP contribution in [0.1, 0.15) is 37.1 Å². The molecule has 2 N–H and O–H groups in total. The maximum absolute atomic E-state index is 12.2. The number of carbonyl (C=O) groups is 2. The number of aliphatic carboxylic acids is 1. The van der Waals surface area contributed by atoms with Crippen LogP contribution in [0.4, 0.5) is 4.79 Å². The molecule has 1 aliphatic rings. The molecule has 2 unspecified atom stereocenters. The highest BCUT2D eigenvalue weighted by atomic mass is 32.1. The van der Waals surface area contributed by atoms with Gasteiger partial charge in [-0.05, 0) is 37.1 Å². The molecule has 1 saturated carbocycles. The fourth-order valence-corrected chi connectivity index (χ4v) is 3.00. The molecule has 2 atom stereocenters. The summed E-state index contributed by atoms with van der Waals surface area (Å²) in [5.41, 5.74) is 0. The van der Waals surface area contributed by atoms with Gasteiger partial charge in [-0.1, -0.05) is 6.07 Å². The molecule has 0 radical (unpaired) electrons. The molecule has 0 aliphatic heterocycles. The van der Waals surface area contributed by atoms with Crippen molar-refractivity contribution in [3.8, 4) is 0 Å². The van der Waals surface area contributed by atoms with E-state index in [1.54, 1.807) is 23.3 Å². The number of rotatable bonds is 6. The van der Waals surface area contributed by atoms with Crippen molar-refractivity contribution in [2.24, 2.45) is 5.92 Å². The van der Waals surface area contributed by atoms with Crippen LogP contribution in [0.5, 0.6) is 0 Å². The number of hydrogen-bond acceptors (Lipinski definition) is 3. The predicted molar refractivity (Wildman–Crippen MR) is 77.8 cm³/mol. The van der Waals surface area contributed by atoms with Gasteiger partial charge in [0.2, 0.25) is 0 Å². The largest absolute Gasteiger partial charge is 0.481 e. The lowest BCUT2D eigenvalue weighted by Crippen LogP contribution is -2.45. The molecule has 6 heteroatoms. The van der Waals surface area contributed by atoms with Gasteiger partial charge in [0.15, 0.2) is 0 Å². The molecule has 1 aromatic heterocycles. The second-order valence-corrected chi connectivity index (χ2v) is 6.27. The molecule has 1 aromatic rings. The van der Waals surface area contributed by atoms with Crippen molar-refractivity contribution in [1.29, 1.82) is 0 Å². The average Bonchev–Trinajstić information content (AvgIpc) is 3.10. The first-order valence-corrected chi connectivity index (χ1v) is 7.65. The predicted octanol–water partition coefficient (Wildman–Crippen LogP) is 2.70. The smallest absolute Gasteiger partial charge is 0.317 e. The van der Waals surface area contributed by atoms with Crippen LogP contribution in [-0.2, 0) is 4.79 Å². The van der Waals surface area contributed by atoms with Gasteiger partial charge in [0.25, 0.3) is 0 Å². The van der Waals surface area contributed by atoms with Crippen molar-refractivity contribution >= 4 is 23.3 Å². The highest BCUT2D eigenvalue weighted by molar-refractivity contribution is 7.10. The van der Waals surface area contributed by atoms with Crippen LogP contribution in [-0.4, -0.2) is 35.1 Å². The molecule has 1 fully saturated rings. The Balaban J connectivity index is 1.93. The quantitative estimate of drug-likeness (QED) is 0.848. The van der Waals surface area contributed by atoms with Crippen molar-refractivity contribution in [1.82, 2.24) is 10.2 Å². The molecular formula is C14H20N2O3S. The summed E-state index contributed by atoms with van der Waals surface area (Å²) in [7, 11) is 1.74. The van der Waals surface area contributed by atoms with Gasteiger partial charge in [-0.3, -0.25) is 4.79 Å². The van der Waals surface area contributed by atoms with Crippen LogP contribution in [0.15, 0.2) is 17.5 Å². The van der Waals surface area contributed by atoms with E-state index in [0.717, 1.165) is 17.7 Å². The zero-order valence-electron chi connectivity index (χ0n) is 11.7. The lowest BCUT2D eigenvalue weighted by molar-refractivity contribution is -0.137. The minimum absolute atomic E-state index is 0.00235. The number of thiophene rings is 1. The maximum Gasteiger partial charge on any atom is 0.317 e. The van der Waals surface area contributed by atoms with Gasteiger partial charge in [0.05, 0.1) is 12.5 Å². The molecule has 2 amide bonds. The fraction of sp³-hybridized carbons (Fsp3) is 0.571. The fourth-order valence-electron chi connectivity index (χ4n) is 2.18. The Bertz CT molecular complexity index is 471. The van der Waals surface area contributed by atoms with Crippen LogP contribution in [0.2, 0.25) is 0 Å². The summed E-state index contributed by atoms with van der Waals surface area (Å²) in [6.45, 7) is 1.97. The van der Waals surface area contributed by atoms with Crippen LogP contribution in [0, 0.1) is 5.92 Å². The summed E-state index contributed by atoms with van der Waals surface area (Å²) in [5, 5.41) is 13.8. The van der Waals surface area contributed by atoms with E-state index in [9.17, 15) is 9.59 Å². The first-order chi connectivity index (χ1) is 9.49. The average molecular weight is 296 g/mol. The first kappa shape index (κ1) is 14.8. The topological polar surface area (TPSA) is 69.6 Å². The van der Waals surface area contributed by atoms with Crippen molar-refractivity contribution in [3.05, 3.63) is 22.4 Å². The summed E-state index contributed by atoms with van der Waals surface area (Å²) >= 11 is 1.61. The van der Waals surface area contributed by atoms with Crippen molar-refractivity contribution in [3.63, 3.8) is 0 Å². The zero-order valence-corrected chi connectivity index (χ0v) is 12.5. The van der Waals surface area contributed by atoms with Gasteiger partial charge in [-0.2, -0.15) is 0 Å². The minimum Gasteiger partial charge on any atom is -0.481 e. The molecule has 2 rings (SSSR count). The lowest BCUT2D eigenvalue weighted by atomic mass is 10.1. The summed E-state index contributed by atoms with van der Waals surface area (Å²) in [6.07, 6.45) is 2.00. The number of amides is 2. The zero-order chi connectivity index (χ0) is 14.7. The van der Waals surface area contributed by atoms with Gasteiger partial charge < -0.3 is 15.3 Å². The standard InChI is InChI=1S/C14H20N2O3S/c1-9(12-4-3-7-20-12)16(2)14(19)15-11(8-13(17)18)10-5-6-10/h3-4,7,9-11H,5-6,8H2,1-2H3,(H,15,19)(H,17,18). The van der Waals surface area contributed by atoms with E-state index in [1.165, 1.54) is 0 Å². The van der Waals surface area contributed by atoms with E-state index in [4.69, 9.17) is 5.11 Å². The van der Waals surface area contributed by atoms with Crippen LogP contribution < -0.4 is 5.32 Å². The van der Waals surface area contributed by atoms with Crippen LogP contribution in [0.25, 0.3) is 0 Å². The number of carbonyl (C=O) groups excluding carboxylic acids is 1. The number of hydrogen-bond donors (Lipinski definition) is 2.